The van der Waals surface area contributed by atoms with E-state index in [1.807, 2.05) is 6.92 Å². The number of nitrogens with zero attached hydrogens (tertiary/aromatic N) is 2. The monoisotopic (exact) mass is 278 g/mol. The van der Waals surface area contributed by atoms with Crippen molar-refractivity contribution in [3.05, 3.63) is 44.2 Å². The summed E-state index contributed by atoms with van der Waals surface area (Å²) in [4.78, 5) is 34.9. The molecule has 0 aromatic carbocycles. The minimum atomic E-state index is -0.442. The molecule has 108 valence electrons. The van der Waals surface area contributed by atoms with Gasteiger partial charge in [0.25, 0.3) is 5.56 Å². The van der Waals surface area contributed by atoms with Gasteiger partial charge in [0.05, 0.1) is 5.69 Å². The minimum absolute atomic E-state index is 0.0882. The second-order valence-corrected chi connectivity index (χ2v) is 5.14. The van der Waals surface area contributed by atoms with Crippen LogP contribution in [0.2, 0.25) is 0 Å². The predicted molar refractivity (Wildman–Crippen MR) is 73.2 cm³/mol. The van der Waals surface area contributed by atoms with E-state index in [1.54, 1.807) is 0 Å². The fraction of sp³-hybridized carbons (Fsp3) is 0.500. The van der Waals surface area contributed by atoms with Gasteiger partial charge in [-0.15, -0.1) is 0 Å². The Morgan fingerprint density at radius 1 is 1.35 bits per heavy atom. The zero-order valence-corrected chi connectivity index (χ0v) is 11.9. The van der Waals surface area contributed by atoms with Crippen LogP contribution >= 0.6 is 0 Å². The first-order valence-corrected chi connectivity index (χ1v) is 6.51. The van der Waals surface area contributed by atoms with E-state index < -0.39 is 17.2 Å². The smallest absolute Gasteiger partial charge is 0.331 e. The Morgan fingerprint density at radius 3 is 2.60 bits per heavy atom. The summed E-state index contributed by atoms with van der Waals surface area (Å²) in [5.41, 5.74) is 0.550. The van der Waals surface area contributed by atoms with E-state index in [9.17, 15) is 14.4 Å². The average Bonchev–Trinajstić information content (AvgIpc) is 3.23. The number of rotatable bonds is 4. The molecule has 1 fully saturated rings. The molecular formula is C14H18N2O4. The van der Waals surface area contributed by atoms with Crippen molar-refractivity contribution in [3.63, 3.8) is 0 Å². The van der Waals surface area contributed by atoms with Crippen molar-refractivity contribution >= 4 is 5.97 Å². The number of aromatic nitrogens is 2. The van der Waals surface area contributed by atoms with Crippen LogP contribution in [0.5, 0.6) is 0 Å². The van der Waals surface area contributed by atoms with Crippen LogP contribution in [0.4, 0.5) is 0 Å². The Bertz CT molecular complexity index is 677. The topological polar surface area (TPSA) is 70.3 Å². The average molecular weight is 278 g/mol. The van der Waals surface area contributed by atoms with Crippen molar-refractivity contribution in [3.8, 4) is 0 Å². The van der Waals surface area contributed by atoms with Gasteiger partial charge in [0.15, 0.2) is 0 Å². The third kappa shape index (κ3) is 3.07. The molecule has 0 bridgehead atoms. The van der Waals surface area contributed by atoms with Crippen LogP contribution < -0.4 is 11.2 Å². The highest BCUT2D eigenvalue weighted by Gasteiger charge is 2.23. The molecule has 0 radical (unpaired) electrons. The van der Waals surface area contributed by atoms with Crippen LogP contribution in [-0.4, -0.2) is 15.1 Å². The molecule has 2 rings (SSSR count). The highest BCUT2D eigenvalue weighted by Crippen LogP contribution is 2.35. The van der Waals surface area contributed by atoms with Crippen molar-refractivity contribution in [1.29, 1.82) is 0 Å². The van der Waals surface area contributed by atoms with E-state index in [1.165, 1.54) is 30.8 Å². The number of carbonyl (C=O) groups is 1. The van der Waals surface area contributed by atoms with Gasteiger partial charge in [-0.1, -0.05) is 5.57 Å². The van der Waals surface area contributed by atoms with Crippen LogP contribution in [0.15, 0.2) is 27.3 Å². The highest BCUT2D eigenvalue weighted by molar-refractivity contribution is 5.82. The second kappa shape index (κ2) is 5.48. The van der Waals surface area contributed by atoms with E-state index in [4.69, 9.17) is 4.74 Å². The molecule has 1 saturated carbocycles. The van der Waals surface area contributed by atoms with E-state index in [0.29, 0.717) is 11.6 Å². The Balaban J connectivity index is 2.08. The second-order valence-electron chi connectivity index (χ2n) is 5.14. The Kier molecular flexibility index (Phi) is 3.92. The van der Waals surface area contributed by atoms with Gasteiger partial charge in [-0.3, -0.25) is 13.9 Å². The van der Waals surface area contributed by atoms with Gasteiger partial charge in [-0.25, -0.2) is 9.59 Å². The molecule has 1 heterocycles. The lowest BCUT2D eigenvalue weighted by Gasteiger charge is -2.09. The zero-order chi connectivity index (χ0) is 14.9. The van der Waals surface area contributed by atoms with Crippen molar-refractivity contribution in [2.24, 2.45) is 20.0 Å². The lowest BCUT2D eigenvalue weighted by molar-refractivity contribution is -0.139. The van der Waals surface area contributed by atoms with Gasteiger partial charge in [0.1, 0.15) is 6.61 Å². The third-order valence-electron chi connectivity index (χ3n) is 3.55. The van der Waals surface area contributed by atoms with Crippen LogP contribution in [0, 0.1) is 5.92 Å². The molecule has 1 aliphatic carbocycles. The molecule has 1 aromatic rings. The molecule has 6 nitrogen and oxygen atoms in total. The number of esters is 1. The van der Waals surface area contributed by atoms with Crippen molar-refractivity contribution in [1.82, 2.24) is 9.13 Å². The van der Waals surface area contributed by atoms with Gasteiger partial charge in [-0.05, 0) is 25.7 Å². The number of carbonyl (C=O) groups excluding carboxylic acids is 1. The zero-order valence-electron chi connectivity index (χ0n) is 11.9. The van der Waals surface area contributed by atoms with Crippen LogP contribution in [0.3, 0.4) is 0 Å². The molecule has 1 aliphatic rings. The summed E-state index contributed by atoms with van der Waals surface area (Å²) in [5, 5.41) is 0. The fourth-order valence-electron chi connectivity index (χ4n) is 1.95. The molecule has 20 heavy (non-hydrogen) atoms. The molecule has 0 aliphatic heterocycles. The first-order valence-electron chi connectivity index (χ1n) is 6.51. The van der Waals surface area contributed by atoms with E-state index in [0.717, 1.165) is 23.0 Å². The largest absolute Gasteiger partial charge is 0.456 e. The quantitative estimate of drug-likeness (QED) is 0.593. The Labute approximate surface area is 116 Å². The first kappa shape index (κ1) is 14.3. The van der Waals surface area contributed by atoms with Crippen molar-refractivity contribution in [2.45, 2.75) is 26.4 Å². The maximum absolute atomic E-state index is 11.7. The van der Waals surface area contributed by atoms with E-state index in [-0.39, 0.29) is 6.61 Å². The predicted octanol–water partition coefficient (Wildman–Crippen LogP) is 0.483. The van der Waals surface area contributed by atoms with Gasteiger partial charge in [0.2, 0.25) is 0 Å². The molecule has 0 amide bonds. The lowest BCUT2D eigenvalue weighted by atomic mass is 10.2. The summed E-state index contributed by atoms with van der Waals surface area (Å²) in [7, 11) is 2.94. The molecule has 1 aromatic heterocycles. The van der Waals surface area contributed by atoms with Gasteiger partial charge in [0, 0.05) is 26.2 Å². The summed E-state index contributed by atoms with van der Waals surface area (Å²) < 4.78 is 7.38. The van der Waals surface area contributed by atoms with Gasteiger partial charge >= 0.3 is 11.7 Å². The molecule has 0 N–H and O–H groups in total. The maximum Gasteiger partial charge on any atom is 0.331 e. The number of hydrogen-bond acceptors (Lipinski definition) is 4. The van der Waals surface area contributed by atoms with Crippen LogP contribution in [0.1, 0.15) is 25.5 Å². The third-order valence-corrected chi connectivity index (χ3v) is 3.55. The maximum atomic E-state index is 11.7. The van der Waals surface area contributed by atoms with E-state index >= 15 is 0 Å². The van der Waals surface area contributed by atoms with Crippen molar-refractivity contribution in [2.75, 3.05) is 0 Å². The van der Waals surface area contributed by atoms with Crippen LogP contribution in [-0.2, 0) is 30.2 Å². The summed E-state index contributed by atoms with van der Waals surface area (Å²) >= 11 is 0. The standard InChI is InChI=1S/C14H18N2O4/c1-9(10-4-5-10)6-13(18)20-8-11-7-12(17)16(3)14(19)15(11)2/h6-7,10H,4-5,8H2,1-3H3. The fourth-order valence-corrected chi connectivity index (χ4v) is 1.95. The SMILES string of the molecule is CC(=CC(=O)OCc1cc(=O)n(C)c(=O)n1C)C1CC1. The van der Waals surface area contributed by atoms with Gasteiger partial charge < -0.3 is 4.74 Å². The molecule has 0 spiro atoms. The minimum Gasteiger partial charge on any atom is -0.456 e. The normalized spacial score (nSPS) is 15.2. The van der Waals surface area contributed by atoms with Crippen molar-refractivity contribution < 1.29 is 9.53 Å². The molecule has 0 unspecified atom stereocenters. The number of ether oxygens (including phenoxy) is 1. The molecular weight excluding hydrogens is 260 g/mol. The summed E-state index contributed by atoms with van der Waals surface area (Å²) in [6, 6.07) is 1.30. The number of allylic oxidation sites excluding steroid dienone is 1. The number of hydrogen-bond donors (Lipinski definition) is 0. The molecule has 0 saturated heterocycles. The summed E-state index contributed by atoms with van der Waals surface area (Å²) in [5.74, 6) is 0.0680. The lowest BCUT2D eigenvalue weighted by Crippen LogP contribution is -2.38. The Morgan fingerprint density at radius 2 is 2.00 bits per heavy atom. The highest BCUT2D eigenvalue weighted by atomic mass is 16.5. The molecule has 0 atom stereocenters. The van der Waals surface area contributed by atoms with Crippen LogP contribution in [0.25, 0.3) is 0 Å². The van der Waals surface area contributed by atoms with E-state index in [2.05, 4.69) is 0 Å². The summed E-state index contributed by atoms with van der Waals surface area (Å²) in [6.45, 7) is 1.82. The molecule has 6 heteroatoms. The first-order chi connectivity index (χ1) is 9.40. The Hall–Kier alpha value is -2.11. The summed E-state index contributed by atoms with van der Waals surface area (Å²) in [6.07, 6.45) is 3.73. The van der Waals surface area contributed by atoms with Gasteiger partial charge in [-0.2, -0.15) is 0 Å².